The van der Waals surface area contributed by atoms with E-state index in [0.717, 1.165) is 30.8 Å². The van der Waals surface area contributed by atoms with Crippen LogP contribution in [-0.2, 0) is 0 Å². The molecule has 0 aromatic heterocycles. The zero-order valence-electron chi connectivity index (χ0n) is 13.8. The molecule has 0 aliphatic rings. The Hall–Kier alpha value is -1.70. The third kappa shape index (κ3) is 7.60. The van der Waals surface area contributed by atoms with Gasteiger partial charge in [-0.05, 0) is 70.4 Å². The highest BCUT2D eigenvalue weighted by Gasteiger charge is 1.95. The number of benzene rings is 1. The van der Waals surface area contributed by atoms with E-state index in [4.69, 9.17) is 9.47 Å². The van der Waals surface area contributed by atoms with Crippen molar-refractivity contribution in [2.75, 3.05) is 13.2 Å². The summed E-state index contributed by atoms with van der Waals surface area (Å²) in [6, 6.07) is 7.77. The highest BCUT2D eigenvalue weighted by molar-refractivity contribution is 5.31. The molecule has 21 heavy (non-hydrogen) atoms. The van der Waals surface area contributed by atoms with Crippen LogP contribution in [0.25, 0.3) is 0 Å². The van der Waals surface area contributed by atoms with Crippen molar-refractivity contribution in [1.29, 1.82) is 0 Å². The fourth-order valence-electron chi connectivity index (χ4n) is 1.87. The van der Waals surface area contributed by atoms with E-state index >= 15 is 0 Å². The van der Waals surface area contributed by atoms with Crippen LogP contribution in [0.3, 0.4) is 0 Å². The van der Waals surface area contributed by atoms with Gasteiger partial charge in [0.1, 0.15) is 18.1 Å². The second-order valence-corrected chi connectivity index (χ2v) is 5.21. The minimum absolute atomic E-state index is 0.621. The third-order valence-corrected chi connectivity index (χ3v) is 3.41. The van der Waals surface area contributed by atoms with Crippen LogP contribution in [0.4, 0.5) is 0 Å². The standard InChI is InChI=1S/C19H28O2/c1-5-16(3)8-7-9-17(4)14-15-21-19-12-10-18(11-13-19)20-6-2/h8,10-14H,5-7,9,15H2,1-4H3. The second-order valence-electron chi connectivity index (χ2n) is 5.21. The lowest BCUT2D eigenvalue weighted by molar-refractivity contribution is 0.336. The summed E-state index contributed by atoms with van der Waals surface area (Å²) in [6.07, 6.45) is 7.84. The average Bonchev–Trinajstić information content (AvgIpc) is 2.49. The predicted octanol–water partition coefficient (Wildman–Crippen LogP) is 5.55. The van der Waals surface area contributed by atoms with Crippen LogP contribution in [0.2, 0.25) is 0 Å². The maximum Gasteiger partial charge on any atom is 0.120 e. The van der Waals surface area contributed by atoms with Gasteiger partial charge in [0.05, 0.1) is 6.61 Å². The van der Waals surface area contributed by atoms with E-state index in [1.165, 1.54) is 11.1 Å². The number of rotatable bonds is 9. The Kier molecular flexibility index (Phi) is 8.34. The average molecular weight is 288 g/mol. The molecule has 0 saturated carbocycles. The van der Waals surface area contributed by atoms with Gasteiger partial charge in [-0.2, -0.15) is 0 Å². The van der Waals surface area contributed by atoms with Crippen molar-refractivity contribution in [2.24, 2.45) is 0 Å². The number of ether oxygens (including phenoxy) is 2. The molecular formula is C19H28O2. The van der Waals surface area contributed by atoms with Crippen LogP contribution in [0.15, 0.2) is 47.6 Å². The van der Waals surface area contributed by atoms with Crippen LogP contribution in [0.5, 0.6) is 11.5 Å². The van der Waals surface area contributed by atoms with Gasteiger partial charge in [-0.1, -0.05) is 24.1 Å². The summed E-state index contributed by atoms with van der Waals surface area (Å²) >= 11 is 0. The fourth-order valence-corrected chi connectivity index (χ4v) is 1.87. The molecule has 2 heteroatoms. The maximum absolute atomic E-state index is 5.71. The van der Waals surface area contributed by atoms with Crippen molar-refractivity contribution >= 4 is 0 Å². The van der Waals surface area contributed by atoms with E-state index in [2.05, 4.69) is 32.9 Å². The molecule has 0 bridgehead atoms. The Morgan fingerprint density at radius 3 is 2.10 bits per heavy atom. The van der Waals surface area contributed by atoms with Gasteiger partial charge in [0, 0.05) is 0 Å². The maximum atomic E-state index is 5.71. The van der Waals surface area contributed by atoms with Crippen molar-refractivity contribution < 1.29 is 9.47 Å². The number of allylic oxidation sites excluding steroid dienone is 3. The van der Waals surface area contributed by atoms with Gasteiger partial charge in [-0.15, -0.1) is 0 Å². The summed E-state index contributed by atoms with van der Waals surface area (Å²) in [6.45, 7) is 9.84. The molecule has 0 heterocycles. The molecule has 0 atom stereocenters. The minimum Gasteiger partial charge on any atom is -0.494 e. The molecule has 0 N–H and O–H groups in total. The molecule has 2 nitrogen and oxygen atoms in total. The van der Waals surface area contributed by atoms with Gasteiger partial charge in [0.25, 0.3) is 0 Å². The molecule has 116 valence electrons. The quantitative estimate of drug-likeness (QED) is 0.555. The van der Waals surface area contributed by atoms with Crippen molar-refractivity contribution in [3.63, 3.8) is 0 Å². The summed E-state index contributed by atoms with van der Waals surface area (Å²) in [7, 11) is 0. The molecule has 0 spiro atoms. The van der Waals surface area contributed by atoms with E-state index in [1.54, 1.807) is 0 Å². The van der Waals surface area contributed by atoms with Gasteiger partial charge in [0.2, 0.25) is 0 Å². The summed E-state index contributed by atoms with van der Waals surface area (Å²) in [5.74, 6) is 1.76. The first-order chi connectivity index (χ1) is 10.2. The van der Waals surface area contributed by atoms with Crippen LogP contribution in [0.1, 0.15) is 47.0 Å². The molecule has 0 amide bonds. The monoisotopic (exact) mass is 288 g/mol. The van der Waals surface area contributed by atoms with Crippen LogP contribution >= 0.6 is 0 Å². The Labute approximate surface area is 129 Å². The van der Waals surface area contributed by atoms with E-state index in [0.29, 0.717) is 13.2 Å². The zero-order valence-corrected chi connectivity index (χ0v) is 13.8. The first kappa shape index (κ1) is 17.4. The van der Waals surface area contributed by atoms with Crippen LogP contribution in [0, 0.1) is 0 Å². The molecule has 0 aliphatic heterocycles. The molecular weight excluding hydrogens is 260 g/mol. The molecule has 1 aromatic rings. The number of hydrogen-bond acceptors (Lipinski definition) is 2. The largest absolute Gasteiger partial charge is 0.494 e. The Morgan fingerprint density at radius 1 is 0.905 bits per heavy atom. The van der Waals surface area contributed by atoms with Crippen LogP contribution in [-0.4, -0.2) is 13.2 Å². The molecule has 1 rings (SSSR count). The van der Waals surface area contributed by atoms with Gasteiger partial charge in [0.15, 0.2) is 0 Å². The lowest BCUT2D eigenvalue weighted by Gasteiger charge is -2.06. The van der Waals surface area contributed by atoms with Crippen molar-refractivity contribution in [3.8, 4) is 11.5 Å². The molecule has 1 aromatic carbocycles. The van der Waals surface area contributed by atoms with E-state index in [1.807, 2.05) is 31.2 Å². The van der Waals surface area contributed by atoms with Gasteiger partial charge in [-0.3, -0.25) is 0 Å². The van der Waals surface area contributed by atoms with Crippen LogP contribution < -0.4 is 9.47 Å². The van der Waals surface area contributed by atoms with Crippen molar-refractivity contribution in [3.05, 3.63) is 47.6 Å². The fraction of sp³-hybridized carbons (Fsp3) is 0.474. The van der Waals surface area contributed by atoms with Gasteiger partial charge in [-0.25, -0.2) is 0 Å². The molecule has 0 fully saturated rings. The van der Waals surface area contributed by atoms with E-state index in [-0.39, 0.29) is 0 Å². The second kappa shape index (κ2) is 10.1. The normalized spacial score (nSPS) is 12.4. The highest BCUT2D eigenvalue weighted by atomic mass is 16.5. The smallest absolute Gasteiger partial charge is 0.120 e. The predicted molar refractivity (Wildman–Crippen MR) is 90.1 cm³/mol. The summed E-state index contributed by atoms with van der Waals surface area (Å²) in [4.78, 5) is 0. The lowest BCUT2D eigenvalue weighted by Crippen LogP contribution is -1.95. The van der Waals surface area contributed by atoms with Crippen molar-refractivity contribution in [2.45, 2.75) is 47.0 Å². The van der Waals surface area contributed by atoms with E-state index < -0.39 is 0 Å². The summed E-state index contributed by atoms with van der Waals surface area (Å²) < 4.78 is 11.1. The van der Waals surface area contributed by atoms with Gasteiger partial charge >= 0.3 is 0 Å². The summed E-state index contributed by atoms with van der Waals surface area (Å²) in [5.41, 5.74) is 2.84. The Morgan fingerprint density at radius 2 is 1.52 bits per heavy atom. The molecule has 0 aliphatic carbocycles. The first-order valence-corrected chi connectivity index (χ1v) is 7.82. The van der Waals surface area contributed by atoms with E-state index in [9.17, 15) is 0 Å². The number of hydrogen-bond donors (Lipinski definition) is 0. The Balaban J connectivity index is 2.32. The Bertz CT molecular complexity index is 455. The molecule has 0 unspecified atom stereocenters. The zero-order chi connectivity index (χ0) is 15.5. The lowest BCUT2D eigenvalue weighted by atomic mass is 10.1. The first-order valence-electron chi connectivity index (χ1n) is 7.82. The topological polar surface area (TPSA) is 18.5 Å². The highest BCUT2D eigenvalue weighted by Crippen LogP contribution is 2.17. The summed E-state index contributed by atoms with van der Waals surface area (Å²) in [5, 5.41) is 0. The SMILES string of the molecule is CCOc1ccc(OCC=C(C)CCC=C(C)CC)cc1. The molecule has 0 saturated heterocycles. The molecule has 0 radical (unpaired) electrons. The van der Waals surface area contributed by atoms with Gasteiger partial charge < -0.3 is 9.47 Å². The minimum atomic E-state index is 0.621. The van der Waals surface area contributed by atoms with Crippen molar-refractivity contribution in [1.82, 2.24) is 0 Å². The third-order valence-electron chi connectivity index (χ3n) is 3.41.